The predicted octanol–water partition coefficient (Wildman–Crippen LogP) is 4.53. The SMILES string of the molecule is O=S(=O)(c1ccc(NCCSc2ccccc2)c(C(F)(F)F)c1)c1cccnn1. The fourth-order valence-electron chi connectivity index (χ4n) is 2.50. The summed E-state index contributed by atoms with van der Waals surface area (Å²) in [7, 11) is -4.21. The van der Waals surface area contributed by atoms with Gasteiger partial charge in [-0.15, -0.1) is 16.9 Å². The van der Waals surface area contributed by atoms with Gasteiger partial charge < -0.3 is 5.32 Å². The molecule has 0 spiro atoms. The van der Waals surface area contributed by atoms with Gasteiger partial charge in [-0.05, 0) is 42.5 Å². The molecule has 1 N–H and O–H groups in total. The van der Waals surface area contributed by atoms with Crippen LogP contribution in [-0.2, 0) is 16.0 Å². The summed E-state index contributed by atoms with van der Waals surface area (Å²) in [6.45, 7) is 0.277. The van der Waals surface area contributed by atoms with Crippen molar-refractivity contribution in [3.63, 3.8) is 0 Å². The van der Waals surface area contributed by atoms with E-state index in [2.05, 4.69) is 15.5 Å². The lowest BCUT2D eigenvalue weighted by Gasteiger charge is -2.16. The van der Waals surface area contributed by atoms with Crippen molar-refractivity contribution in [2.24, 2.45) is 0 Å². The number of sulfone groups is 1. The van der Waals surface area contributed by atoms with Gasteiger partial charge in [0, 0.05) is 29.1 Å². The number of anilines is 1. The summed E-state index contributed by atoms with van der Waals surface area (Å²) in [6.07, 6.45) is -3.44. The number of hydrogen-bond acceptors (Lipinski definition) is 6. The predicted molar refractivity (Wildman–Crippen MR) is 105 cm³/mol. The van der Waals surface area contributed by atoms with Gasteiger partial charge in [0.15, 0.2) is 5.03 Å². The molecule has 0 atom stereocenters. The highest BCUT2D eigenvalue weighted by atomic mass is 32.2. The molecule has 0 saturated carbocycles. The minimum absolute atomic E-state index is 0.177. The number of alkyl halides is 3. The van der Waals surface area contributed by atoms with Crippen LogP contribution in [0.1, 0.15) is 5.56 Å². The molecule has 0 aliphatic heterocycles. The number of nitrogens with one attached hydrogen (secondary N) is 1. The maximum Gasteiger partial charge on any atom is 0.418 e. The minimum atomic E-state index is -4.72. The Kier molecular flexibility index (Phi) is 6.43. The number of rotatable bonds is 7. The first kappa shape index (κ1) is 21.1. The first-order valence-corrected chi connectivity index (χ1v) is 10.9. The van der Waals surface area contributed by atoms with Gasteiger partial charge in [0.25, 0.3) is 0 Å². The van der Waals surface area contributed by atoms with Crippen molar-refractivity contribution in [1.29, 1.82) is 0 Å². The fraction of sp³-hybridized carbons (Fsp3) is 0.158. The largest absolute Gasteiger partial charge is 0.418 e. The second kappa shape index (κ2) is 8.83. The summed E-state index contributed by atoms with van der Waals surface area (Å²) in [5, 5.41) is 9.30. The third kappa shape index (κ3) is 5.27. The number of benzene rings is 2. The zero-order valence-electron chi connectivity index (χ0n) is 14.9. The molecule has 2 aromatic carbocycles. The van der Waals surface area contributed by atoms with Crippen LogP contribution in [0.5, 0.6) is 0 Å². The van der Waals surface area contributed by atoms with Crippen LogP contribution in [-0.4, -0.2) is 30.9 Å². The number of nitrogens with zero attached hydrogens (tertiary/aromatic N) is 2. The van der Waals surface area contributed by atoms with Gasteiger partial charge in [-0.25, -0.2) is 8.42 Å². The Hall–Kier alpha value is -2.59. The average molecular weight is 439 g/mol. The van der Waals surface area contributed by atoms with Crippen LogP contribution >= 0.6 is 11.8 Å². The molecule has 0 amide bonds. The standard InChI is InChI=1S/C19H16F3N3O2S2/c20-19(21,22)16-13-15(29(26,27)18-7-4-10-24-25-18)8-9-17(16)23-11-12-28-14-5-2-1-3-6-14/h1-10,13,23H,11-12H2. The Balaban J connectivity index is 1.80. The second-order valence-corrected chi connectivity index (χ2v) is 8.92. The fourth-order valence-corrected chi connectivity index (χ4v) is 4.47. The summed E-state index contributed by atoms with van der Waals surface area (Å²) in [4.78, 5) is 0.519. The summed E-state index contributed by atoms with van der Waals surface area (Å²) in [6, 6.07) is 14.9. The molecule has 0 radical (unpaired) electrons. The van der Waals surface area contributed by atoms with E-state index in [0.29, 0.717) is 11.8 Å². The molecule has 1 aromatic heterocycles. The molecule has 0 unspecified atom stereocenters. The Morgan fingerprint density at radius 3 is 2.41 bits per heavy atom. The lowest BCUT2D eigenvalue weighted by atomic mass is 10.1. The smallest absolute Gasteiger partial charge is 0.384 e. The number of halogens is 3. The monoisotopic (exact) mass is 439 g/mol. The van der Waals surface area contributed by atoms with Gasteiger partial charge in [-0.3, -0.25) is 0 Å². The molecule has 1 heterocycles. The summed E-state index contributed by atoms with van der Waals surface area (Å²) >= 11 is 1.50. The maximum atomic E-state index is 13.5. The molecule has 0 aliphatic rings. The Labute approximate surface area is 170 Å². The van der Waals surface area contributed by atoms with Crippen LogP contribution in [0.3, 0.4) is 0 Å². The van der Waals surface area contributed by atoms with Gasteiger partial charge >= 0.3 is 6.18 Å². The zero-order chi connectivity index (χ0) is 20.9. The molecule has 10 heteroatoms. The molecule has 0 saturated heterocycles. The van der Waals surface area contributed by atoms with E-state index in [9.17, 15) is 21.6 Å². The van der Waals surface area contributed by atoms with Crippen LogP contribution in [0, 0.1) is 0 Å². The van der Waals surface area contributed by atoms with E-state index in [1.54, 1.807) is 0 Å². The molecule has 0 aliphatic carbocycles. The van der Waals surface area contributed by atoms with E-state index in [-0.39, 0.29) is 12.2 Å². The van der Waals surface area contributed by atoms with E-state index in [1.807, 2.05) is 30.3 Å². The van der Waals surface area contributed by atoms with E-state index < -0.39 is 31.5 Å². The van der Waals surface area contributed by atoms with Gasteiger partial charge in [0.2, 0.25) is 9.84 Å². The van der Waals surface area contributed by atoms with Gasteiger partial charge in [-0.1, -0.05) is 18.2 Å². The van der Waals surface area contributed by atoms with Gasteiger partial charge in [0.05, 0.1) is 10.5 Å². The second-order valence-electron chi connectivity index (χ2n) is 5.86. The zero-order valence-corrected chi connectivity index (χ0v) is 16.6. The molecular formula is C19H16F3N3O2S2. The number of thioether (sulfide) groups is 1. The third-order valence-electron chi connectivity index (χ3n) is 3.86. The van der Waals surface area contributed by atoms with Crippen molar-refractivity contribution in [3.8, 4) is 0 Å². The summed E-state index contributed by atoms with van der Waals surface area (Å²) in [5.41, 5.74) is -1.23. The number of hydrogen-bond donors (Lipinski definition) is 1. The van der Waals surface area contributed by atoms with Crippen LogP contribution in [0.25, 0.3) is 0 Å². The number of aromatic nitrogens is 2. The molecule has 5 nitrogen and oxygen atoms in total. The van der Waals surface area contributed by atoms with Crippen molar-refractivity contribution < 1.29 is 21.6 Å². The van der Waals surface area contributed by atoms with E-state index in [0.717, 1.165) is 17.0 Å². The molecule has 152 valence electrons. The van der Waals surface area contributed by atoms with Crippen LogP contribution < -0.4 is 5.32 Å². The highest BCUT2D eigenvalue weighted by molar-refractivity contribution is 7.99. The topological polar surface area (TPSA) is 72.0 Å². The van der Waals surface area contributed by atoms with Gasteiger partial charge in [-0.2, -0.15) is 18.3 Å². The van der Waals surface area contributed by atoms with Crippen LogP contribution in [0.2, 0.25) is 0 Å². The molecule has 0 bridgehead atoms. The Morgan fingerprint density at radius 1 is 1.00 bits per heavy atom. The van der Waals surface area contributed by atoms with Crippen LogP contribution in [0.15, 0.2) is 81.7 Å². The normalized spacial score (nSPS) is 12.0. The van der Waals surface area contributed by atoms with Gasteiger partial charge in [0.1, 0.15) is 0 Å². The van der Waals surface area contributed by atoms with Crippen LogP contribution in [0.4, 0.5) is 18.9 Å². The Bertz CT molecular complexity index is 1060. The van der Waals surface area contributed by atoms with Crippen molar-refractivity contribution >= 4 is 27.3 Å². The molecule has 29 heavy (non-hydrogen) atoms. The lowest BCUT2D eigenvalue weighted by molar-refractivity contribution is -0.137. The first-order valence-electron chi connectivity index (χ1n) is 8.44. The van der Waals surface area contributed by atoms with Crippen molar-refractivity contribution in [2.45, 2.75) is 21.0 Å². The van der Waals surface area contributed by atoms with Crippen molar-refractivity contribution in [2.75, 3.05) is 17.6 Å². The summed E-state index contributed by atoms with van der Waals surface area (Å²) in [5.74, 6) is 0.543. The van der Waals surface area contributed by atoms with E-state index >= 15 is 0 Å². The average Bonchev–Trinajstić information content (AvgIpc) is 2.72. The molecule has 3 aromatic rings. The quantitative estimate of drug-likeness (QED) is 0.431. The summed E-state index contributed by atoms with van der Waals surface area (Å²) < 4.78 is 65.7. The molecule has 3 rings (SSSR count). The van der Waals surface area contributed by atoms with Crippen molar-refractivity contribution in [1.82, 2.24) is 10.2 Å². The first-order chi connectivity index (χ1) is 13.8. The van der Waals surface area contributed by atoms with E-state index in [4.69, 9.17) is 0 Å². The Morgan fingerprint density at radius 2 is 1.76 bits per heavy atom. The highest BCUT2D eigenvalue weighted by Gasteiger charge is 2.35. The maximum absolute atomic E-state index is 13.5. The highest BCUT2D eigenvalue weighted by Crippen LogP contribution is 2.37. The minimum Gasteiger partial charge on any atom is -0.384 e. The third-order valence-corrected chi connectivity index (χ3v) is 6.52. The van der Waals surface area contributed by atoms with Crippen molar-refractivity contribution in [3.05, 3.63) is 72.4 Å². The molecule has 0 fully saturated rings. The molecular weight excluding hydrogens is 423 g/mol. The van der Waals surface area contributed by atoms with E-state index in [1.165, 1.54) is 30.1 Å². The lowest BCUT2D eigenvalue weighted by Crippen LogP contribution is -2.14.